The fraction of sp³-hybridized carbons (Fsp3) is 0.714. The number of ketones is 1. The summed E-state index contributed by atoms with van der Waals surface area (Å²) in [7, 11) is 0. The maximum atomic E-state index is 10.9. The molecule has 12 heavy (non-hydrogen) atoms. The van der Waals surface area contributed by atoms with E-state index >= 15 is 0 Å². The van der Waals surface area contributed by atoms with Gasteiger partial charge in [-0.15, -0.1) is 0 Å². The number of ether oxygens (including phenoxy) is 3. The standard InChI is InChI=1S/C7H10O5/c1-3-10-6(9)5(8)7-11-4(2)12-7/h4,7H,3H2,1-2H3. The Balaban J connectivity index is 2.33. The van der Waals surface area contributed by atoms with Gasteiger partial charge in [-0.05, 0) is 13.8 Å². The highest BCUT2D eigenvalue weighted by molar-refractivity contribution is 6.35. The first-order chi connectivity index (χ1) is 5.65. The second-order valence-electron chi connectivity index (χ2n) is 2.26. The third kappa shape index (κ3) is 1.80. The zero-order valence-corrected chi connectivity index (χ0v) is 6.90. The SMILES string of the molecule is CCOC(=O)C(=O)C1OC(C)O1. The highest BCUT2D eigenvalue weighted by Crippen LogP contribution is 2.16. The van der Waals surface area contributed by atoms with Gasteiger partial charge in [0.2, 0.25) is 6.29 Å². The van der Waals surface area contributed by atoms with Gasteiger partial charge in [0.05, 0.1) is 6.61 Å². The zero-order valence-electron chi connectivity index (χ0n) is 6.90. The van der Waals surface area contributed by atoms with Crippen molar-refractivity contribution >= 4 is 11.8 Å². The average molecular weight is 174 g/mol. The summed E-state index contributed by atoms with van der Waals surface area (Å²) in [5, 5.41) is 0. The van der Waals surface area contributed by atoms with E-state index in [0.29, 0.717) is 0 Å². The molecule has 0 spiro atoms. The fourth-order valence-corrected chi connectivity index (χ4v) is 0.780. The number of rotatable bonds is 3. The van der Waals surface area contributed by atoms with E-state index in [-0.39, 0.29) is 6.61 Å². The van der Waals surface area contributed by atoms with Gasteiger partial charge in [0.15, 0.2) is 6.29 Å². The lowest BCUT2D eigenvalue weighted by Gasteiger charge is -2.31. The molecule has 0 amide bonds. The van der Waals surface area contributed by atoms with E-state index in [2.05, 4.69) is 4.74 Å². The minimum Gasteiger partial charge on any atom is -0.460 e. The number of carbonyl (C=O) groups is 2. The molecule has 68 valence electrons. The van der Waals surface area contributed by atoms with Gasteiger partial charge >= 0.3 is 5.97 Å². The zero-order chi connectivity index (χ0) is 9.14. The Morgan fingerprint density at radius 2 is 2.00 bits per heavy atom. The topological polar surface area (TPSA) is 61.8 Å². The number of hydrogen-bond acceptors (Lipinski definition) is 5. The Labute approximate surface area is 69.6 Å². The minimum absolute atomic E-state index is 0.173. The molecule has 0 unspecified atom stereocenters. The monoisotopic (exact) mass is 174 g/mol. The number of Topliss-reactive ketones (excluding diaryl/α,β-unsaturated/α-hetero) is 1. The quantitative estimate of drug-likeness (QED) is 0.439. The van der Waals surface area contributed by atoms with Crippen LogP contribution in [-0.4, -0.2) is 30.9 Å². The molecular weight excluding hydrogens is 164 g/mol. The molecule has 1 rings (SSSR count). The summed E-state index contributed by atoms with van der Waals surface area (Å²) in [6.07, 6.45) is -1.47. The van der Waals surface area contributed by atoms with E-state index in [1.165, 1.54) is 0 Å². The van der Waals surface area contributed by atoms with E-state index in [1.807, 2.05) is 0 Å². The van der Waals surface area contributed by atoms with Gasteiger partial charge in [-0.2, -0.15) is 0 Å². The molecule has 1 aliphatic heterocycles. The van der Waals surface area contributed by atoms with Crippen molar-refractivity contribution in [3.8, 4) is 0 Å². The fourth-order valence-electron chi connectivity index (χ4n) is 0.780. The molecule has 0 saturated carbocycles. The lowest BCUT2D eigenvalue weighted by Crippen LogP contribution is -2.47. The van der Waals surface area contributed by atoms with Gasteiger partial charge in [-0.1, -0.05) is 0 Å². The molecule has 1 heterocycles. The molecule has 1 aliphatic rings. The van der Waals surface area contributed by atoms with Crippen LogP contribution >= 0.6 is 0 Å². The highest BCUT2D eigenvalue weighted by atomic mass is 16.9. The van der Waals surface area contributed by atoms with Crippen molar-refractivity contribution in [3.05, 3.63) is 0 Å². The normalized spacial score (nSPS) is 27.5. The molecule has 0 aliphatic carbocycles. The van der Waals surface area contributed by atoms with Crippen LogP contribution in [0.4, 0.5) is 0 Å². The summed E-state index contributed by atoms with van der Waals surface area (Å²) in [6.45, 7) is 3.43. The van der Waals surface area contributed by atoms with Crippen LogP contribution in [0, 0.1) is 0 Å². The van der Waals surface area contributed by atoms with Crippen molar-refractivity contribution in [2.75, 3.05) is 6.61 Å². The Kier molecular flexibility index (Phi) is 2.78. The van der Waals surface area contributed by atoms with Crippen molar-refractivity contribution in [2.24, 2.45) is 0 Å². The number of esters is 1. The van der Waals surface area contributed by atoms with Crippen LogP contribution in [-0.2, 0) is 23.8 Å². The molecule has 1 fully saturated rings. The van der Waals surface area contributed by atoms with Gasteiger partial charge in [-0.3, -0.25) is 4.79 Å². The molecule has 0 bridgehead atoms. The van der Waals surface area contributed by atoms with Crippen LogP contribution in [0.2, 0.25) is 0 Å². The van der Waals surface area contributed by atoms with Crippen LogP contribution in [0.15, 0.2) is 0 Å². The van der Waals surface area contributed by atoms with E-state index in [1.54, 1.807) is 13.8 Å². The van der Waals surface area contributed by atoms with Crippen LogP contribution in [0.5, 0.6) is 0 Å². The van der Waals surface area contributed by atoms with Gasteiger partial charge in [0.25, 0.3) is 5.78 Å². The Morgan fingerprint density at radius 3 is 2.42 bits per heavy atom. The summed E-state index contributed by atoms with van der Waals surface area (Å²) < 4.78 is 14.0. The summed E-state index contributed by atoms with van der Waals surface area (Å²) in [5.74, 6) is -1.69. The van der Waals surface area contributed by atoms with Crippen LogP contribution in [0.3, 0.4) is 0 Å². The summed E-state index contributed by atoms with van der Waals surface area (Å²) >= 11 is 0. The van der Waals surface area contributed by atoms with E-state index in [9.17, 15) is 9.59 Å². The lowest BCUT2D eigenvalue weighted by molar-refractivity contribution is -0.355. The highest BCUT2D eigenvalue weighted by Gasteiger charge is 2.38. The first kappa shape index (κ1) is 9.15. The molecule has 0 aromatic rings. The van der Waals surface area contributed by atoms with Crippen molar-refractivity contribution in [1.82, 2.24) is 0 Å². The van der Waals surface area contributed by atoms with Crippen LogP contribution in [0.1, 0.15) is 13.8 Å². The average Bonchev–Trinajstić information content (AvgIpc) is 1.98. The second kappa shape index (κ2) is 3.64. The lowest BCUT2D eigenvalue weighted by atomic mass is 10.3. The van der Waals surface area contributed by atoms with Crippen molar-refractivity contribution in [3.63, 3.8) is 0 Å². The third-order valence-corrected chi connectivity index (χ3v) is 1.32. The summed E-state index contributed by atoms with van der Waals surface area (Å²) in [6, 6.07) is 0. The van der Waals surface area contributed by atoms with Crippen molar-refractivity contribution in [1.29, 1.82) is 0 Å². The maximum absolute atomic E-state index is 10.9. The van der Waals surface area contributed by atoms with Gasteiger partial charge < -0.3 is 14.2 Å². The first-order valence-corrected chi connectivity index (χ1v) is 3.67. The second-order valence-corrected chi connectivity index (χ2v) is 2.26. The van der Waals surface area contributed by atoms with Crippen LogP contribution in [0.25, 0.3) is 0 Å². The Hall–Kier alpha value is -0.940. The predicted molar refractivity (Wildman–Crippen MR) is 37.1 cm³/mol. The third-order valence-electron chi connectivity index (χ3n) is 1.32. The Morgan fingerprint density at radius 1 is 1.42 bits per heavy atom. The first-order valence-electron chi connectivity index (χ1n) is 3.67. The van der Waals surface area contributed by atoms with E-state index < -0.39 is 24.3 Å². The Bertz CT molecular complexity index is 194. The van der Waals surface area contributed by atoms with Gasteiger partial charge in [0, 0.05) is 0 Å². The largest absolute Gasteiger partial charge is 0.460 e. The molecule has 0 radical (unpaired) electrons. The molecule has 0 aromatic carbocycles. The van der Waals surface area contributed by atoms with Crippen LogP contribution < -0.4 is 0 Å². The molecule has 1 saturated heterocycles. The number of carbonyl (C=O) groups excluding carboxylic acids is 2. The molecule has 5 heteroatoms. The van der Waals surface area contributed by atoms with Gasteiger partial charge in [0.1, 0.15) is 0 Å². The smallest absolute Gasteiger partial charge is 0.380 e. The predicted octanol–water partition coefficient (Wildman–Crippen LogP) is -0.163. The molecule has 0 atom stereocenters. The van der Waals surface area contributed by atoms with E-state index in [4.69, 9.17) is 9.47 Å². The molecule has 0 aromatic heterocycles. The minimum atomic E-state index is -1.06. The van der Waals surface area contributed by atoms with Crippen molar-refractivity contribution < 1.29 is 23.8 Å². The molecule has 5 nitrogen and oxygen atoms in total. The van der Waals surface area contributed by atoms with Crippen molar-refractivity contribution in [2.45, 2.75) is 26.4 Å². The number of hydrogen-bond donors (Lipinski definition) is 0. The van der Waals surface area contributed by atoms with E-state index in [0.717, 1.165) is 0 Å². The molecular formula is C7H10O5. The van der Waals surface area contributed by atoms with Gasteiger partial charge in [-0.25, -0.2) is 4.79 Å². The maximum Gasteiger partial charge on any atom is 0.380 e. The summed E-state index contributed by atoms with van der Waals surface area (Å²) in [5.41, 5.74) is 0. The summed E-state index contributed by atoms with van der Waals surface area (Å²) in [4.78, 5) is 21.7. The molecule has 0 N–H and O–H groups in total.